The van der Waals surface area contributed by atoms with Gasteiger partial charge in [0.15, 0.2) is 0 Å². The van der Waals surface area contributed by atoms with Crippen LogP contribution >= 0.6 is 0 Å². The number of rotatable bonds is 18. The van der Waals surface area contributed by atoms with Crippen LogP contribution in [0.2, 0.25) is 10.1 Å². The zero-order valence-electron chi connectivity index (χ0n) is 34.3. The molecule has 0 radical (unpaired) electrons. The molecule has 298 valence electrons. The summed E-state index contributed by atoms with van der Waals surface area (Å²) in [5.74, 6) is 0. The number of sulfonamides is 1. The predicted octanol–water partition coefficient (Wildman–Crippen LogP) is 7.67. The zero-order valence-corrected chi connectivity index (χ0v) is 37.1. The lowest BCUT2D eigenvalue weighted by molar-refractivity contribution is 0.153. The summed E-state index contributed by atoms with van der Waals surface area (Å²) in [6.07, 6.45) is 1.56. The highest BCUT2D eigenvalue weighted by atomic mass is 32.2. The molecule has 5 rings (SSSR count). The summed E-state index contributed by atoms with van der Waals surface area (Å²) < 4.78 is 44.8. The van der Waals surface area contributed by atoms with E-state index in [2.05, 4.69) is 139 Å². The molecule has 0 aliphatic rings. The molecule has 0 fully saturated rings. The van der Waals surface area contributed by atoms with Crippen molar-refractivity contribution in [3.05, 3.63) is 151 Å². The summed E-state index contributed by atoms with van der Waals surface area (Å²) >= 11 is 0. The third-order valence-corrected chi connectivity index (χ3v) is 23.0. The Morgan fingerprint density at radius 1 is 0.571 bits per heavy atom. The van der Waals surface area contributed by atoms with Gasteiger partial charge in [-0.3, -0.25) is 0 Å². The fourth-order valence-electron chi connectivity index (χ4n) is 8.14. The van der Waals surface area contributed by atoms with Crippen LogP contribution in [0, 0.1) is 6.92 Å². The van der Waals surface area contributed by atoms with Gasteiger partial charge in [0.2, 0.25) is 10.0 Å². The Hall–Kier alpha value is -3.68. The van der Waals surface area contributed by atoms with E-state index in [0.717, 1.165) is 15.9 Å². The van der Waals surface area contributed by atoms with Crippen molar-refractivity contribution in [1.29, 1.82) is 0 Å². The molecule has 0 aliphatic carbocycles. The standard InChI is InChI=1S/C47H61NO5SSi2/c1-39-30-32-41(33-31-39)54(50,51)48(35-20-21-36-52-55(46(2,3)4,42-22-12-8-13-23-42)43-24-14-9-15-25-43)40(38-49)34-37-53-56(47(5,6)7,44-26-16-10-17-27-44)45-28-18-11-19-29-45/h8-19,22-33,40,49H,20-21,34-38H2,1-7H3. The maximum atomic E-state index is 14.5. The average Bonchev–Trinajstić information content (AvgIpc) is 3.19. The van der Waals surface area contributed by atoms with Crippen molar-refractivity contribution in [3.8, 4) is 0 Å². The highest BCUT2D eigenvalue weighted by Gasteiger charge is 2.51. The molecule has 5 aromatic carbocycles. The second-order valence-electron chi connectivity index (χ2n) is 16.8. The first kappa shape index (κ1) is 43.4. The monoisotopic (exact) mass is 807 g/mol. The van der Waals surface area contributed by atoms with Crippen molar-refractivity contribution < 1.29 is 22.4 Å². The molecular formula is C47H61NO5SSi2. The summed E-state index contributed by atoms with van der Waals surface area (Å²) in [5.41, 5.74) is 0.980. The predicted molar refractivity (Wildman–Crippen MR) is 237 cm³/mol. The molecule has 56 heavy (non-hydrogen) atoms. The van der Waals surface area contributed by atoms with E-state index in [1.807, 2.05) is 43.3 Å². The summed E-state index contributed by atoms with van der Waals surface area (Å²) in [4.78, 5) is 0.220. The van der Waals surface area contributed by atoms with Crippen LogP contribution in [0.1, 0.15) is 66.4 Å². The van der Waals surface area contributed by atoms with Crippen LogP contribution < -0.4 is 20.7 Å². The summed E-state index contributed by atoms with van der Waals surface area (Å²) in [5, 5.41) is 15.3. The number of hydrogen-bond acceptors (Lipinski definition) is 5. The van der Waals surface area contributed by atoms with Crippen LogP contribution in [0.5, 0.6) is 0 Å². The molecule has 0 saturated heterocycles. The van der Waals surface area contributed by atoms with Crippen molar-refractivity contribution >= 4 is 47.4 Å². The van der Waals surface area contributed by atoms with Gasteiger partial charge in [0.25, 0.3) is 16.6 Å². The van der Waals surface area contributed by atoms with E-state index in [1.54, 1.807) is 12.1 Å². The Labute approximate surface area is 338 Å². The molecule has 0 aromatic heterocycles. The second-order valence-corrected chi connectivity index (χ2v) is 27.3. The third kappa shape index (κ3) is 9.37. The average molecular weight is 808 g/mol. The molecule has 0 spiro atoms. The third-order valence-electron chi connectivity index (χ3n) is 10.9. The van der Waals surface area contributed by atoms with Crippen LogP contribution in [0.15, 0.2) is 150 Å². The van der Waals surface area contributed by atoms with Crippen LogP contribution in [-0.4, -0.2) is 66.9 Å². The van der Waals surface area contributed by atoms with Crippen LogP contribution in [0.25, 0.3) is 0 Å². The van der Waals surface area contributed by atoms with Gasteiger partial charge in [0.1, 0.15) is 0 Å². The summed E-state index contributed by atoms with van der Waals surface area (Å²) in [6.45, 7) is 16.1. The topological polar surface area (TPSA) is 76.1 Å². The van der Waals surface area contributed by atoms with Crippen molar-refractivity contribution in [2.24, 2.45) is 0 Å². The number of hydrogen-bond donors (Lipinski definition) is 1. The Morgan fingerprint density at radius 2 is 0.946 bits per heavy atom. The van der Waals surface area contributed by atoms with Gasteiger partial charge in [-0.05, 0) is 69.1 Å². The quantitative estimate of drug-likeness (QED) is 0.0727. The smallest absolute Gasteiger partial charge is 0.261 e. The maximum absolute atomic E-state index is 14.5. The maximum Gasteiger partial charge on any atom is 0.261 e. The van der Waals surface area contributed by atoms with Gasteiger partial charge in [-0.2, -0.15) is 4.31 Å². The highest BCUT2D eigenvalue weighted by molar-refractivity contribution is 7.89. The number of aliphatic hydroxyl groups excluding tert-OH is 1. The molecule has 0 heterocycles. The Bertz CT molecular complexity index is 1960. The first-order valence-electron chi connectivity index (χ1n) is 19.9. The number of aliphatic hydroxyl groups is 1. The molecule has 0 aliphatic heterocycles. The molecular weight excluding hydrogens is 747 g/mol. The summed E-state index contributed by atoms with van der Waals surface area (Å²) in [7, 11) is -9.57. The fraction of sp³-hybridized carbons (Fsp3) is 0.362. The minimum atomic E-state index is -3.96. The Kier molecular flexibility index (Phi) is 14.5. The van der Waals surface area contributed by atoms with E-state index in [-0.39, 0.29) is 34.7 Å². The first-order valence-corrected chi connectivity index (χ1v) is 25.1. The largest absolute Gasteiger partial charge is 0.407 e. The SMILES string of the molecule is Cc1ccc(S(=O)(=O)N(CCCCO[Si](c2ccccc2)(c2ccccc2)C(C)(C)C)C(CO)CCO[Si](c2ccccc2)(c2ccccc2)C(C)(C)C)cc1. The lowest BCUT2D eigenvalue weighted by atomic mass is 10.2. The molecule has 1 unspecified atom stereocenters. The number of nitrogens with zero attached hydrogens (tertiary/aromatic N) is 1. The van der Waals surface area contributed by atoms with E-state index < -0.39 is 32.7 Å². The molecule has 9 heteroatoms. The second kappa shape index (κ2) is 18.7. The number of unbranched alkanes of at least 4 members (excludes halogenated alkanes) is 1. The minimum Gasteiger partial charge on any atom is -0.407 e. The first-order chi connectivity index (χ1) is 26.7. The number of benzene rings is 5. The highest BCUT2D eigenvalue weighted by Crippen LogP contribution is 2.38. The number of aryl methyl sites for hydroxylation is 1. The van der Waals surface area contributed by atoms with E-state index >= 15 is 0 Å². The van der Waals surface area contributed by atoms with Gasteiger partial charge in [-0.1, -0.05) is 181 Å². The zero-order chi connectivity index (χ0) is 40.5. The van der Waals surface area contributed by atoms with Crippen molar-refractivity contribution in [3.63, 3.8) is 0 Å². The van der Waals surface area contributed by atoms with Gasteiger partial charge >= 0.3 is 0 Å². The lowest BCUT2D eigenvalue weighted by Crippen LogP contribution is -2.66. The molecule has 6 nitrogen and oxygen atoms in total. The van der Waals surface area contributed by atoms with Gasteiger partial charge < -0.3 is 14.0 Å². The van der Waals surface area contributed by atoms with Gasteiger partial charge in [0.05, 0.1) is 17.5 Å². The van der Waals surface area contributed by atoms with Crippen molar-refractivity contribution in [2.45, 2.75) is 88.7 Å². The molecule has 5 aromatic rings. The van der Waals surface area contributed by atoms with Crippen LogP contribution in [-0.2, 0) is 18.9 Å². The van der Waals surface area contributed by atoms with E-state index in [9.17, 15) is 13.5 Å². The van der Waals surface area contributed by atoms with Crippen LogP contribution in [0.4, 0.5) is 0 Å². The Balaban J connectivity index is 1.40. The normalized spacial score (nSPS) is 13.5. The fourth-order valence-corrected chi connectivity index (χ4v) is 19.0. The molecule has 1 N–H and O–H groups in total. The van der Waals surface area contributed by atoms with E-state index in [0.29, 0.717) is 25.9 Å². The van der Waals surface area contributed by atoms with Gasteiger partial charge in [0, 0.05) is 19.8 Å². The minimum absolute atomic E-state index is 0.163. The van der Waals surface area contributed by atoms with Crippen molar-refractivity contribution in [1.82, 2.24) is 4.31 Å². The van der Waals surface area contributed by atoms with Gasteiger partial charge in [-0.15, -0.1) is 0 Å². The molecule has 0 bridgehead atoms. The Morgan fingerprint density at radius 3 is 1.30 bits per heavy atom. The molecule has 0 amide bonds. The molecule has 0 saturated carbocycles. The van der Waals surface area contributed by atoms with Crippen molar-refractivity contribution in [2.75, 3.05) is 26.4 Å². The van der Waals surface area contributed by atoms with E-state index in [4.69, 9.17) is 8.85 Å². The lowest BCUT2D eigenvalue weighted by Gasteiger charge is -2.43. The van der Waals surface area contributed by atoms with Gasteiger partial charge in [-0.25, -0.2) is 8.42 Å². The van der Waals surface area contributed by atoms with E-state index in [1.165, 1.54) is 14.7 Å². The van der Waals surface area contributed by atoms with Crippen LogP contribution in [0.3, 0.4) is 0 Å². The molecule has 1 atom stereocenters. The summed E-state index contributed by atoms with van der Waals surface area (Å²) in [6, 6.07) is 48.3.